The van der Waals surface area contributed by atoms with E-state index in [1.807, 2.05) is 25.1 Å². The molecule has 1 saturated carbocycles. The van der Waals surface area contributed by atoms with Crippen LogP contribution in [0.2, 0.25) is 0 Å². The molecule has 80 valence electrons. The lowest BCUT2D eigenvalue weighted by Crippen LogP contribution is -2.07. The summed E-state index contributed by atoms with van der Waals surface area (Å²) < 4.78 is 5.05. The second-order valence-electron chi connectivity index (χ2n) is 4.07. The van der Waals surface area contributed by atoms with E-state index in [0.29, 0.717) is 18.4 Å². The van der Waals surface area contributed by atoms with E-state index in [9.17, 15) is 4.79 Å². The van der Waals surface area contributed by atoms with Gasteiger partial charge in [0.15, 0.2) is 0 Å². The highest BCUT2D eigenvalue weighted by molar-refractivity contribution is 5.78. The average Bonchev–Trinajstić information content (AvgIpc) is 2.92. The topological polar surface area (TPSA) is 26.3 Å². The lowest BCUT2D eigenvalue weighted by molar-refractivity contribution is -0.145. The Morgan fingerprint density at radius 3 is 2.60 bits per heavy atom. The van der Waals surface area contributed by atoms with Crippen LogP contribution in [-0.4, -0.2) is 12.6 Å². The summed E-state index contributed by atoms with van der Waals surface area (Å²) >= 11 is 0. The highest BCUT2D eigenvalue weighted by Crippen LogP contribution is 2.54. The van der Waals surface area contributed by atoms with Crippen molar-refractivity contribution < 1.29 is 9.53 Å². The SMILES string of the molecule is CCOC(=O)[C@H]1[C@H](C)[C@@H]1c1ccccc1. The van der Waals surface area contributed by atoms with Crippen LogP contribution in [0, 0.1) is 11.8 Å². The number of carbonyl (C=O) groups excluding carboxylic acids is 1. The van der Waals surface area contributed by atoms with Crippen LogP contribution >= 0.6 is 0 Å². The molecule has 1 aromatic carbocycles. The molecule has 2 rings (SSSR count). The van der Waals surface area contributed by atoms with Gasteiger partial charge >= 0.3 is 5.97 Å². The minimum absolute atomic E-state index is 0.0427. The fourth-order valence-electron chi connectivity index (χ4n) is 2.25. The van der Waals surface area contributed by atoms with Crippen LogP contribution in [0.25, 0.3) is 0 Å². The molecule has 0 radical (unpaired) electrons. The van der Waals surface area contributed by atoms with Gasteiger partial charge in [-0.05, 0) is 18.4 Å². The molecule has 0 heterocycles. The first-order valence-electron chi connectivity index (χ1n) is 5.47. The van der Waals surface area contributed by atoms with Gasteiger partial charge in [-0.15, -0.1) is 0 Å². The summed E-state index contributed by atoms with van der Waals surface area (Å²) in [6, 6.07) is 10.2. The Morgan fingerprint density at radius 1 is 1.33 bits per heavy atom. The highest BCUT2D eigenvalue weighted by Gasteiger charge is 2.53. The maximum Gasteiger partial charge on any atom is 0.309 e. The van der Waals surface area contributed by atoms with Crippen LogP contribution < -0.4 is 0 Å². The molecular weight excluding hydrogens is 188 g/mol. The fourth-order valence-corrected chi connectivity index (χ4v) is 2.25. The lowest BCUT2D eigenvalue weighted by atomic mass is 10.1. The zero-order valence-electron chi connectivity index (χ0n) is 9.14. The van der Waals surface area contributed by atoms with Gasteiger partial charge in [0, 0.05) is 5.92 Å². The van der Waals surface area contributed by atoms with Crippen molar-refractivity contribution in [1.82, 2.24) is 0 Å². The molecule has 15 heavy (non-hydrogen) atoms. The summed E-state index contributed by atoms with van der Waals surface area (Å²) in [5.41, 5.74) is 1.25. The Balaban J connectivity index is 2.06. The molecule has 2 nitrogen and oxygen atoms in total. The number of benzene rings is 1. The van der Waals surface area contributed by atoms with E-state index in [1.165, 1.54) is 5.56 Å². The average molecular weight is 204 g/mol. The largest absolute Gasteiger partial charge is 0.466 e. The van der Waals surface area contributed by atoms with Crippen molar-refractivity contribution in [2.24, 2.45) is 11.8 Å². The molecule has 0 aromatic heterocycles. The number of ether oxygens (including phenoxy) is 1. The lowest BCUT2D eigenvalue weighted by Gasteiger charge is -2.00. The molecule has 0 saturated heterocycles. The zero-order chi connectivity index (χ0) is 10.8. The maximum absolute atomic E-state index is 11.6. The van der Waals surface area contributed by atoms with Crippen molar-refractivity contribution in [3.8, 4) is 0 Å². The first-order valence-corrected chi connectivity index (χ1v) is 5.47. The smallest absolute Gasteiger partial charge is 0.309 e. The van der Waals surface area contributed by atoms with Crippen LogP contribution in [0.3, 0.4) is 0 Å². The van der Waals surface area contributed by atoms with Crippen LogP contribution in [0.5, 0.6) is 0 Å². The Labute approximate surface area is 90.3 Å². The van der Waals surface area contributed by atoms with E-state index in [2.05, 4.69) is 19.1 Å². The van der Waals surface area contributed by atoms with E-state index in [-0.39, 0.29) is 11.9 Å². The van der Waals surface area contributed by atoms with Crippen molar-refractivity contribution >= 4 is 5.97 Å². The minimum atomic E-state index is -0.0427. The monoisotopic (exact) mass is 204 g/mol. The summed E-state index contributed by atoms with van der Waals surface area (Å²) in [5.74, 6) is 0.822. The van der Waals surface area contributed by atoms with Crippen molar-refractivity contribution in [2.45, 2.75) is 19.8 Å². The Morgan fingerprint density at radius 2 is 2.00 bits per heavy atom. The molecule has 0 N–H and O–H groups in total. The van der Waals surface area contributed by atoms with Gasteiger partial charge in [-0.1, -0.05) is 37.3 Å². The minimum Gasteiger partial charge on any atom is -0.466 e. The zero-order valence-corrected chi connectivity index (χ0v) is 9.14. The van der Waals surface area contributed by atoms with Crippen LogP contribution in [0.15, 0.2) is 30.3 Å². The summed E-state index contributed by atoms with van der Waals surface area (Å²) in [6.45, 7) is 4.44. The first kappa shape index (κ1) is 10.2. The highest BCUT2D eigenvalue weighted by atomic mass is 16.5. The normalized spacial score (nSPS) is 28.5. The van der Waals surface area contributed by atoms with E-state index >= 15 is 0 Å². The Bertz CT molecular complexity index is 345. The molecule has 2 heteroatoms. The first-order chi connectivity index (χ1) is 7.25. The van der Waals surface area contributed by atoms with Crippen molar-refractivity contribution in [2.75, 3.05) is 6.61 Å². The second kappa shape index (κ2) is 4.05. The molecular formula is C13H16O2. The number of carbonyl (C=O) groups is 1. The molecule has 3 atom stereocenters. The maximum atomic E-state index is 11.6. The molecule has 1 aliphatic carbocycles. The number of rotatable bonds is 3. The number of hydrogen-bond donors (Lipinski definition) is 0. The molecule has 0 unspecified atom stereocenters. The van der Waals surface area contributed by atoms with Crippen molar-refractivity contribution in [3.05, 3.63) is 35.9 Å². The predicted molar refractivity (Wildman–Crippen MR) is 58.5 cm³/mol. The third kappa shape index (κ3) is 1.89. The summed E-state index contributed by atoms with van der Waals surface area (Å²) in [6.07, 6.45) is 0. The van der Waals surface area contributed by atoms with Gasteiger partial charge < -0.3 is 4.74 Å². The van der Waals surface area contributed by atoms with Crippen LogP contribution in [0.1, 0.15) is 25.3 Å². The van der Waals surface area contributed by atoms with E-state index < -0.39 is 0 Å². The van der Waals surface area contributed by atoms with Crippen LogP contribution in [-0.2, 0) is 9.53 Å². The third-order valence-electron chi connectivity index (χ3n) is 3.12. The second-order valence-corrected chi connectivity index (χ2v) is 4.07. The third-order valence-corrected chi connectivity index (χ3v) is 3.12. The Kier molecular flexibility index (Phi) is 2.76. The van der Waals surface area contributed by atoms with Gasteiger partial charge in [-0.2, -0.15) is 0 Å². The fraction of sp³-hybridized carbons (Fsp3) is 0.462. The van der Waals surface area contributed by atoms with Crippen LogP contribution in [0.4, 0.5) is 0 Å². The molecule has 0 amide bonds. The summed E-state index contributed by atoms with van der Waals surface area (Å²) in [5, 5.41) is 0. The molecule has 1 aromatic rings. The van der Waals surface area contributed by atoms with E-state index in [4.69, 9.17) is 4.74 Å². The number of hydrogen-bond acceptors (Lipinski definition) is 2. The molecule has 1 aliphatic rings. The summed E-state index contributed by atoms with van der Waals surface area (Å²) in [4.78, 5) is 11.6. The standard InChI is InChI=1S/C13H16O2/c1-3-15-13(14)12-9(2)11(12)10-7-5-4-6-8-10/h4-9,11-12H,3H2,1-2H3/t9-,11-,12+/m1/s1. The van der Waals surface area contributed by atoms with Gasteiger partial charge in [0.25, 0.3) is 0 Å². The Hall–Kier alpha value is -1.31. The number of esters is 1. The van der Waals surface area contributed by atoms with Crippen molar-refractivity contribution in [1.29, 1.82) is 0 Å². The van der Waals surface area contributed by atoms with E-state index in [0.717, 1.165) is 0 Å². The molecule has 1 fully saturated rings. The predicted octanol–water partition coefficient (Wildman–Crippen LogP) is 2.60. The summed E-state index contributed by atoms with van der Waals surface area (Å²) in [7, 11) is 0. The van der Waals surface area contributed by atoms with Gasteiger partial charge in [0.2, 0.25) is 0 Å². The van der Waals surface area contributed by atoms with Gasteiger partial charge in [-0.25, -0.2) is 0 Å². The van der Waals surface area contributed by atoms with Gasteiger partial charge in [0.1, 0.15) is 0 Å². The molecule has 0 spiro atoms. The van der Waals surface area contributed by atoms with Gasteiger partial charge in [0.05, 0.1) is 12.5 Å². The van der Waals surface area contributed by atoms with E-state index in [1.54, 1.807) is 0 Å². The molecule has 0 aliphatic heterocycles. The quantitative estimate of drug-likeness (QED) is 0.707. The van der Waals surface area contributed by atoms with Gasteiger partial charge in [-0.3, -0.25) is 4.79 Å². The van der Waals surface area contributed by atoms with Crippen molar-refractivity contribution in [3.63, 3.8) is 0 Å². The molecule has 0 bridgehead atoms.